The van der Waals surface area contributed by atoms with Gasteiger partial charge < -0.3 is 5.32 Å². The molecular weight excluding hydrogens is 466 g/mol. The molecule has 3 heterocycles. The Morgan fingerprint density at radius 3 is 1.55 bits per heavy atom. The number of aromatic nitrogens is 3. The number of nitrogens with zero attached hydrogens (tertiary/aromatic N) is 4. The maximum absolute atomic E-state index is 4.38. The average molecular weight is 518 g/mol. The third-order valence-corrected chi connectivity index (χ3v) is 4.99. The zero-order valence-corrected chi connectivity index (χ0v) is 25.4. The van der Waals surface area contributed by atoms with Crippen molar-refractivity contribution in [1.29, 1.82) is 0 Å². The quantitative estimate of drug-likeness (QED) is 0.265. The number of benzene rings is 1. The second kappa shape index (κ2) is 21.7. The molecule has 1 aromatic carbocycles. The number of hydrogen-bond donors (Lipinski definition) is 1. The first-order valence-electron chi connectivity index (χ1n) is 14.2. The normalized spacial score (nSPS) is 9.71. The Kier molecular flexibility index (Phi) is 19.9. The number of anilines is 1. The topological polar surface area (TPSA) is 53.9 Å². The highest BCUT2D eigenvalue weighted by Gasteiger charge is 2.11. The summed E-state index contributed by atoms with van der Waals surface area (Å²) in [4.78, 5) is 15.5. The highest BCUT2D eigenvalue weighted by atomic mass is 15.2. The van der Waals surface area contributed by atoms with E-state index in [1.165, 1.54) is 5.39 Å². The molecule has 38 heavy (non-hydrogen) atoms. The molecule has 3 aromatic heterocycles. The predicted octanol–water partition coefficient (Wildman–Crippen LogP) is 9.02. The second-order valence-electron chi connectivity index (χ2n) is 8.32. The first-order valence-corrected chi connectivity index (χ1v) is 14.2. The minimum Gasteiger partial charge on any atom is -0.381 e. The van der Waals surface area contributed by atoms with Gasteiger partial charge in [-0.25, -0.2) is 0 Å². The smallest absolute Gasteiger partial charge is 0.0933 e. The number of para-hydroxylation sites is 1. The van der Waals surface area contributed by atoms with Crippen LogP contribution in [0.15, 0.2) is 85.3 Å². The van der Waals surface area contributed by atoms with Crippen LogP contribution in [0, 0.1) is 0 Å². The van der Waals surface area contributed by atoms with Crippen LogP contribution in [0.2, 0.25) is 0 Å². The highest BCUT2D eigenvalue weighted by molar-refractivity contribution is 5.90. The number of nitrogens with one attached hydrogen (secondary N) is 1. The van der Waals surface area contributed by atoms with E-state index in [1.54, 1.807) is 0 Å². The molecule has 0 aliphatic carbocycles. The lowest BCUT2D eigenvalue weighted by atomic mass is 10.2. The van der Waals surface area contributed by atoms with Gasteiger partial charge >= 0.3 is 0 Å². The fourth-order valence-electron chi connectivity index (χ4n) is 3.35. The van der Waals surface area contributed by atoms with E-state index in [0.717, 1.165) is 35.7 Å². The zero-order chi connectivity index (χ0) is 28.8. The molecule has 1 N–H and O–H groups in total. The fourth-order valence-corrected chi connectivity index (χ4v) is 3.35. The van der Waals surface area contributed by atoms with E-state index in [0.29, 0.717) is 12.1 Å². The summed E-state index contributed by atoms with van der Waals surface area (Å²) in [5.74, 6) is 0. The van der Waals surface area contributed by atoms with Crippen LogP contribution >= 0.6 is 0 Å². The SMILES string of the molecule is CC.CC.CC.CC(C)N(Cc1ccccn1)Cc1ccccn1.CC(C)Nc1cccc2cccnc12. The molecule has 208 valence electrons. The van der Waals surface area contributed by atoms with Gasteiger partial charge in [-0.05, 0) is 64.1 Å². The van der Waals surface area contributed by atoms with E-state index < -0.39 is 0 Å². The summed E-state index contributed by atoms with van der Waals surface area (Å²) < 4.78 is 0. The van der Waals surface area contributed by atoms with E-state index in [4.69, 9.17) is 0 Å². The summed E-state index contributed by atoms with van der Waals surface area (Å²) in [6, 6.07) is 23.2. The van der Waals surface area contributed by atoms with E-state index in [-0.39, 0.29) is 0 Å². The van der Waals surface area contributed by atoms with Crippen molar-refractivity contribution in [2.75, 3.05) is 5.32 Å². The van der Waals surface area contributed by atoms with Gasteiger partial charge in [-0.1, -0.05) is 71.9 Å². The molecule has 0 unspecified atom stereocenters. The van der Waals surface area contributed by atoms with E-state index in [1.807, 2.05) is 90.5 Å². The van der Waals surface area contributed by atoms with Crippen LogP contribution in [0.3, 0.4) is 0 Å². The molecule has 0 radical (unpaired) electrons. The Labute approximate surface area is 232 Å². The first kappa shape index (κ1) is 34.7. The zero-order valence-electron chi connectivity index (χ0n) is 25.4. The van der Waals surface area contributed by atoms with Gasteiger partial charge in [0.1, 0.15) is 0 Å². The molecule has 0 aliphatic heterocycles. The first-order chi connectivity index (χ1) is 18.5. The van der Waals surface area contributed by atoms with Crippen LogP contribution < -0.4 is 5.32 Å². The van der Waals surface area contributed by atoms with Crippen molar-refractivity contribution in [2.24, 2.45) is 0 Å². The maximum Gasteiger partial charge on any atom is 0.0933 e. The fraction of sp³-hybridized carbons (Fsp3) is 0.424. The lowest BCUT2D eigenvalue weighted by Gasteiger charge is -2.25. The lowest BCUT2D eigenvalue weighted by molar-refractivity contribution is 0.199. The van der Waals surface area contributed by atoms with Gasteiger partial charge in [0.2, 0.25) is 0 Å². The summed E-state index contributed by atoms with van der Waals surface area (Å²) in [6.45, 7) is 22.4. The molecule has 4 aromatic rings. The number of pyridine rings is 3. The molecule has 4 rings (SSSR count). The molecule has 0 atom stereocenters. The summed E-state index contributed by atoms with van der Waals surface area (Å²) >= 11 is 0. The number of fused-ring (bicyclic) bond motifs is 1. The summed E-state index contributed by atoms with van der Waals surface area (Å²) in [7, 11) is 0. The number of rotatable bonds is 7. The Morgan fingerprint density at radius 1 is 0.605 bits per heavy atom. The van der Waals surface area contributed by atoms with Crippen LogP contribution in [0.1, 0.15) is 80.6 Å². The Bertz CT molecular complexity index is 1020. The molecule has 0 amide bonds. The minimum absolute atomic E-state index is 0.433. The molecular formula is C33H51N5. The van der Waals surface area contributed by atoms with Crippen molar-refractivity contribution in [2.45, 2.75) is 94.4 Å². The van der Waals surface area contributed by atoms with Crippen molar-refractivity contribution in [3.63, 3.8) is 0 Å². The molecule has 5 nitrogen and oxygen atoms in total. The molecule has 0 fully saturated rings. The van der Waals surface area contributed by atoms with Crippen molar-refractivity contribution in [1.82, 2.24) is 19.9 Å². The van der Waals surface area contributed by atoms with Crippen molar-refractivity contribution in [3.8, 4) is 0 Å². The molecule has 0 saturated heterocycles. The van der Waals surface area contributed by atoms with Crippen LogP contribution in [-0.4, -0.2) is 31.9 Å². The van der Waals surface area contributed by atoms with Crippen molar-refractivity contribution < 1.29 is 0 Å². The molecule has 0 spiro atoms. The number of hydrogen-bond acceptors (Lipinski definition) is 5. The highest BCUT2D eigenvalue weighted by Crippen LogP contribution is 2.21. The van der Waals surface area contributed by atoms with Gasteiger partial charge in [-0.3, -0.25) is 19.9 Å². The van der Waals surface area contributed by atoms with Crippen LogP contribution in [0.4, 0.5) is 5.69 Å². The second-order valence-corrected chi connectivity index (χ2v) is 8.32. The van der Waals surface area contributed by atoms with E-state index in [2.05, 4.69) is 89.3 Å². The Hall–Kier alpha value is -3.31. The molecule has 0 bridgehead atoms. The van der Waals surface area contributed by atoms with E-state index in [9.17, 15) is 0 Å². The monoisotopic (exact) mass is 517 g/mol. The summed E-state index contributed by atoms with van der Waals surface area (Å²) in [5, 5.41) is 4.56. The molecule has 5 heteroatoms. The van der Waals surface area contributed by atoms with Gasteiger partial charge in [0.25, 0.3) is 0 Å². The Balaban J connectivity index is 0.000000614. The molecule has 0 saturated carbocycles. The summed E-state index contributed by atoms with van der Waals surface area (Å²) in [5.41, 5.74) is 4.35. The average Bonchev–Trinajstić information content (AvgIpc) is 2.97. The van der Waals surface area contributed by atoms with Gasteiger partial charge in [-0.2, -0.15) is 0 Å². The van der Waals surface area contributed by atoms with Crippen LogP contribution in [0.25, 0.3) is 10.9 Å². The maximum atomic E-state index is 4.38. The standard InChI is InChI=1S/C15H19N3.C12H14N2.3C2H6/c1-13(2)18(11-14-7-3-5-9-16-14)12-15-8-4-6-10-17-15;1-9(2)14-11-7-3-5-10-6-4-8-13-12(10)11;3*1-2/h3-10,13H,11-12H2,1-2H3;3-9,14H,1-2H3;3*1-2H3. The van der Waals surface area contributed by atoms with Crippen LogP contribution in [0.5, 0.6) is 0 Å². The third-order valence-electron chi connectivity index (χ3n) is 4.99. The molecule has 0 aliphatic rings. The van der Waals surface area contributed by atoms with Gasteiger partial charge in [0.05, 0.1) is 22.6 Å². The predicted molar refractivity (Wildman–Crippen MR) is 167 cm³/mol. The van der Waals surface area contributed by atoms with E-state index >= 15 is 0 Å². The Morgan fingerprint density at radius 2 is 1.11 bits per heavy atom. The van der Waals surface area contributed by atoms with Gasteiger partial charge in [0, 0.05) is 49.1 Å². The lowest BCUT2D eigenvalue weighted by Crippen LogP contribution is -2.30. The summed E-state index contributed by atoms with van der Waals surface area (Å²) in [6.07, 6.45) is 5.51. The third kappa shape index (κ3) is 13.3. The van der Waals surface area contributed by atoms with Crippen LogP contribution in [-0.2, 0) is 13.1 Å². The largest absolute Gasteiger partial charge is 0.381 e. The van der Waals surface area contributed by atoms with Gasteiger partial charge in [0.15, 0.2) is 0 Å². The van der Waals surface area contributed by atoms with Gasteiger partial charge in [-0.15, -0.1) is 0 Å². The van der Waals surface area contributed by atoms with Crippen molar-refractivity contribution >= 4 is 16.6 Å². The minimum atomic E-state index is 0.433. The van der Waals surface area contributed by atoms with Crippen molar-refractivity contribution in [3.05, 3.63) is 96.7 Å².